The Morgan fingerprint density at radius 3 is 2.50 bits per heavy atom. The summed E-state index contributed by atoms with van der Waals surface area (Å²) in [5, 5.41) is 0. The van der Waals surface area contributed by atoms with Crippen LogP contribution in [0, 0.1) is 6.92 Å². The van der Waals surface area contributed by atoms with Crippen LogP contribution in [0.2, 0.25) is 0 Å². The highest BCUT2D eigenvalue weighted by molar-refractivity contribution is 5.10. The quantitative estimate of drug-likeness (QED) is 0.630. The summed E-state index contributed by atoms with van der Waals surface area (Å²) in [6.07, 6.45) is 7.15. The Bertz CT molecular complexity index is 362. The Labute approximate surface area is 123 Å². The van der Waals surface area contributed by atoms with Crippen LogP contribution in [0.1, 0.15) is 76.9 Å². The minimum absolute atomic E-state index is 0.0151. The molecule has 3 heteroatoms. The molecule has 0 bridgehead atoms. The summed E-state index contributed by atoms with van der Waals surface area (Å²) in [6, 6.07) is 3.94. The van der Waals surface area contributed by atoms with E-state index in [2.05, 4.69) is 20.8 Å². The van der Waals surface area contributed by atoms with Crippen molar-refractivity contribution >= 4 is 0 Å². The summed E-state index contributed by atoms with van der Waals surface area (Å²) in [6.45, 7) is 8.40. The van der Waals surface area contributed by atoms with Crippen molar-refractivity contribution < 1.29 is 9.15 Å². The molecule has 116 valence electrons. The van der Waals surface area contributed by atoms with Crippen molar-refractivity contribution in [3.8, 4) is 0 Å². The molecule has 3 unspecified atom stereocenters. The number of hydrogen-bond acceptors (Lipinski definition) is 3. The minimum atomic E-state index is -0.130. The molecule has 0 spiro atoms. The van der Waals surface area contributed by atoms with Crippen molar-refractivity contribution in [3.05, 3.63) is 23.7 Å². The Morgan fingerprint density at radius 1 is 1.20 bits per heavy atom. The maximum atomic E-state index is 6.20. The Hall–Kier alpha value is -0.800. The van der Waals surface area contributed by atoms with Crippen molar-refractivity contribution in [3.63, 3.8) is 0 Å². The average molecular weight is 281 g/mol. The zero-order chi connectivity index (χ0) is 15.0. The van der Waals surface area contributed by atoms with Crippen LogP contribution in [0.4, 0.5) is 0 Å². The number of aryl methyl sites for hydroxylation is 1. The smallest absolute Gasteiger partial charge is 0.134 e. The van der Waals surface area contributed by atoms with Gasteiger partial charge < -0.3 is 14.9 Å². The van der Waals surface area contributed by atoms with Gasteiger partial charge in [-0.1, -0.05) is 39.5 Å². The molecule has 0 radical (unpaired) electrons. The number of hydrogen-bond donors (Lipinski definition) is 1. The van der Waals surface area contributed by atoms with Crippen molar-refractivity contribution in [2.75, 3.05) is 0 Å². The molecule has 3 atom stereocenters. The largest absolute Gasteiger partial charge is 0.464 e. The topological polar surface area (TPSA) is 48.4 Å². The fraction of sp³-hybridized carbons (Fsp3) is 0.765. The highest BCUT2D eigenvalue weighted by atomic mass is 16.5. The minimum Gasteiger partial charge on any atom is -0.464 e. The zero-order valence-electron chi connectivity index (χ0n) is 13.5. The van der Waals surface area contributed by atoms with Gasteiger partial charge in [-0.25, -0.2) is 0 Å². The molecule has 0 aliphatic heterocycles. The summed E-state index contributed by atoms with van der Waals surface area (Å²) in [7, 11) is 0. The highest BCUT2D eigenvalue weighted by Crippen LogP contribution is 2.26. The van der Waals surface area contributed by atoms with Crippen LogP contribution in [0.25, 0.3) is 0 Å². The van der Waals surface area contributed by atoms with Gasteiger partial charge in [-0.2, -0.15) is 0 Å². The van der Waals surface area contributed by atoms with Gasteiger partial charge >= 0.3 is 0 Å². The molecule has 0 aliphatic rings. The van der Waals surface area contributed by atoms with Gasteiger partial charge in [0.2, 0.25) is 0 Å². The van der Waals surface area contributed by atoms with Crippen molar-refractivity contribution in [1.29, 1.82) is 0 Å². The molecule has 0 aromatic carbocycles. The lowest BCUT2D eigenvalue weighted by molar-refractivity contribution is -0.0340. The highest BCUT2D eigenvalue weighted by Gasteiger charge is 2.24. The molecule has 20 heavy (non-hydrogen) atoms. The van der Waals surface area contributed by atoms with Crippen molar-refractivity contribution in [2.24, 2.45) is 5.73 Å². The molecule has 0 saturated carbocycles. The molecule has 3 nitrogen and oxygen atoms in total. The molecule has 0 fully saturated rings. The van der Waals surface area contributed by atoms with E-state index in [9.17, 15) is 0 Å². The second kappa shape index (κ2) is 9.19. The second-order valence-electron chi connectivity index (χ2n) is 5.74. The Kier molecular flexibility index (Phi) is 7.93. The van der Waals surface area contributed by atoms with E-state index in [1.807, 2.05) is 19.1 Å². The maximum absolute atomic E-state index is 6.20. The SMILES string of the molecule is CCCCCCC(C)OC(c1ccc(C)o1)C(N)CC. The number of unbranched alkanes of at least 4 members (excludes halogenated alkanes) is 3. The lowest BCUT2D eigenvalue weighted by Crippen LogP contribution is -2.31. The van der Waals surface area contributed by atoms with E-state index in [1.54, 1.807) is 0 Å². The number of furan rings is 1. The molecule has 1 heterocycles. The van der Waals surface area contributed by atoms with Gasteiger partial charge in [0, 0.05) is 6.04 Å². The summed E-state index contributed by atoms with van der Waals surface area (Å²) < 4.78 is 11.9. The molecular formula is C17H31NO2. The molecule has 0 amide bonds. The zero-order valence-corrected chi connectivity index (χ0v) is 13.5. The first-order chi connectivity index (χ1) is 9.58. The second-order valence-corrected chi connectivity index (χ2v) is 5.74. The van der Waals surface area contributed by atoms with E-state index in [-0.39, 0.29) is 18.2 Å². The Morgan fingerprint density at radius 2 is 1.95 bits per heavy atom. The van der Waals surface area contributed by atoms with Gasteiger partial charge in [0.15, 0.2) is 0 Å². The third-order valence-corrected chi connectivity index (χ3v) is 3.74. The van der Waals surface area contributed by atoms with E-state index in [1.165, 1.54) is 25.7 Å². The third-order valence-electron chi connectivity index (χ3n) is 3.74. The predicted molar refractivity (Wildman–Crippen MR) is 83.8 cm³/mol. The standard InChI is InChI=1S/C17H31NO2/c1-5-7-8-9-10-13(3)20-17(15(18)6-2)16-12-11-14(4)19-16/h11-13,15,17H,5-10,18H2,1-4H3. The van der Waals surface area contributed by atoms with Crippen LogP contribution in [-0.2, 0) is 4.74 Å². The monoisotopic (exact) mass is 281 g/mol. The van der Waals surface area contributed by atoms with Crippen LogP contribution in [0.15, 0.2) is 16.5 Å². The summed E-state index contributed by atoms with van der Waals surface area (Å²) in [5.74, 6) is 1.77. The lowest BCUT2D eigenvalue weighted by atomic mass is 10.1. The Balaban J connectivity index is 2.52. The third kappa shape index (κ3) is 5.68. The predicted octanol–water partition coefficient (Wildman–Crippen LogP) is 4.74. The van der Waals surface area contributed by atoms with Crippen LogP contribution in [0.3, 0.4) is 0 Å². The molecule has 1 aromatic heterocycles. The summed E-state index contributed by atoms with van der Waals surface area (Å²) >= 11 is 0. The lowest BCUT2D eigenvalue weighted by Gasteiger charge is -2.25. The molecule has 1 aromatic rings. The van der Waals surface area contributed by atoms with E-state index in [0.717, 1.165) is 24.4 Å². The number of ether oxygens (including phenoxy) is 1. The molecule has 0 aliphatic carbocycles. The summed E-state index contributed by atoms with van der Waals surface area (Å²) in [4.78, 5) is 0. The van der Waals surface area contributed by atoms with Crippen molar-refractivity contribution in [2.45, 2.75) is 84.5 Å². The van der Waals surface area contributed by atoms with E-state index in [4.69, 9.17) is 14.9 Å². The van der Waals surface area contributed by atoms with Crippen LogP contribution < -0.4 is 5.73 Å². The molecular weight excluding hydrogens is 250 g/mol. The van der Waals surface area contributed by atoms with Crippen LogP contribution >= 0.6 is 0 Å². The van der Waals surface area contributed by atoms with Crippen molar-refractivity contribution in [1.82, 2.24) is 0 Å². The molecule has 0 saturated heterocycles. The number of nitrogens with two attached hydrogens (primary N) is 1. The van der Waals surface area contributed by atoms with Gasteiger partial charge in [-0.05, 0) is 38.8 Å². The average Bonchev–Trinajstić information content (AvgIpc) is 2.86. The van der Waals surface area contributed by atoms with E-state index < -0.39 is 0 Å². The first kappa shape index (κ1) is 17.3. The van der Waals surface area contributed by atoms with Crippen LogP contribution in [-0.4, -0.2) is 12.1 Å². The molecule has 1 rings (SSSR count). The summed E-state index contributed by atoms with van der Waals surface area (Å²) in [5.41, 5.74) is 6.20. The van der Waals surface area contributed by atoms with Gasteiger partial charge in [-0.15, -0.1) is 0 Å². The first-order valence-corrected chi connectivity index (χ1v) is 8.05. The fourth-order valence-corrected chi connectivity index (χ4v) is 2.38. The number of rotatable bonds is 10. The molecule has 2 N–H and O–H groups in total. The normalized spacial score (nSPS) is 16.1. The first-order valence-electron chi connectivity index (χ1n) is 8.05. The van der Waals surface area contributed by atoms with Crippen LogP contribution in [0.5, 0.6) is 0 Å². The fourth-order valence-electron chi connectivity index (χ4n) is 2.38. The van der Waals surface area contributed by atoms with Gasteiger partial charge in [0.1, 0.15) is 17.6 Å². The van der Waals surface area contributed by atoms with Gasteiger partial charge in [0.25, 0.3) is 0 Å². The maximum Gasteiger partial charge on any atom is 0.134 e. The van der Waals surface area contributed by atoms with E-state index in [0.29, 0.717) is 0 Å². The van der Waals surface area contributed by atoms with Gasteiger partial charge in [-0.3, -0.25) is 0 Å². The van der Waals surface area contributed by atoms with Gasteiger partial charge in [0.05, 0.1) is 6.10 Å². The van der Waals surface area contributed by atoms with E-state index >= 15 is 0 Å².